The molecule has 32 heavy (non-hydrogen) atoms. The van der Waals surface area contributed by atoms with Gasteiger partial charge in [-0.15, -0.1) is 11.3 Å². The number of aryl methyl sites for hydroxylation is 1. The topological polar surface area (TPSA) is 88.3 Å². The first-order valence-electron chi connectivity index (χ1n) is 11.0. The molecule has 0 bridgehead atoms. The van der Waals surface area contributed by atoms with Crippen molar-refractivity contribution in [2.45, 2.75) is 32.2 Å². The van der Waals surface area contributed by atoms with Gasteiger partial charge in [-0.25, -0.2) is 4.98 Å². The predicted octanol–water partition coefficient (Wildman–Crippen LogP) is 4.25. The maximum absolute atomic E-state index is 13.4. The van der Waals surface area contributed by atoms with E-state index in [0.717, 1.165) is 23.2 Å². The maximum atomic E-state index is 13.4. The molecule has 7 heteroatoms. The average molecular weight is 449 g/mol. The van der Waals surface area contributed by atoms with Crippen LogP contribution in [0.5, 0.6) is 0 Å². The first-order chi connectivity index (χ1) is 15.5. The standard InChI is InChI=1S/C25H28N4O2S/c1-2-17-8-10-18(11-9-17)21-16-32-25(27-21)28-24(31)22(19-6-4-3-5-7-19)29-14-12-20(13-15-29)23(26)30/h3-11,16,20,22H,2,12-15H2,1H3,(H2,26,30)(H,27,28,31). The number of carbonyl (C=O) groups excluding carboxylic acids is 2. The molecular weight excluding hydrogens is 420 g/mol. The number of rotatable bonds is 7. The summed E-state index contributed by atoms with van der Waals surface area (Å²) >= 11 is 1.42. The van der Waals surface area contributed by atoms with E-state index in [1.165, 1.54) is 16.9 Å². The molecule has 1 aliphatic heterocycles. The first-order valence-corrected chi connectivity index (χ1v) is 11.9. The Morgan fingerprint density at radius 1 is 1.12 bits per heavy atom. The van der Waals surface area contributed by atoms with Crippen LogP contribution in [0, 0.1) is 5.92 Å². The van der Waals surface area contributed by atoms with E-state index >= 15 is 0 Å². The summed E-state index contributed by atoms with van der Waals surface area (Å²) < 4.78 is 0. The highest BCUT2D eigenvalue weighted by Crippen LogP contribution is 2.30. The Bertz CT molecular complexity index is 1060. The number of hydrogen-bond acceptors (Lipinski definition) is 5. The van der Waals surface area contributed by atoms with Crippen molar-refractivity contribution in [1.29, 1.82) is 0 Å². The molecule has 1 unspecified atom stereocenters. The number of thiazole rings is 1. The van der Waals surface area contributed by atoms with Crippen LogP contribution in [0.15, 0.2) is 60.0 Å². The van der Waals surface area contributed by atoms with E-state index in [9.17, 15) is 9.59 Å². The molecule has 1 saturated heterocycles. The van der Waals surface area contributed by atoms with Crippen LogP contribution in [0.3, 0.4) is 0 Å². The quantitative estimate of drug-likeness (QED) is 0.566. The smallest absolute Gasteiger partial charge is 0.248 e. The number of piperidine rings is 1. The Morgan fingerprint density at radius 2 is 1.81 bits per heavy atom. The number of primary amides is 1. The van der Waals surface area contributed by atoms with Crippen molar-refractivity contribution in [3.05, 3.63) is 71.1 Å². The van der Waals surface area contributed by atoms with E-state index in [1.54, 1.807) is 0 Å². The third kappa shape index (κ3) is 5.06. The number of aromatic nitrogens is 1. The van der Waals surface area contributed by atoms with Crippen molar-refractivity contribution in [3.8, 4) is 11.3 Å². The predicted molar refractivity (Wildman–Crippen MR) is 128 cm³/mol. The lowest BCUT2D eigenvalue weighted by Crippen LogP contribution is -2.44. The maximum Gasteiger partial charge on any atom is 0.248 e. The second kappa shape index (κ2) is 10.1. The van der Waals surface area contributed by atoms with Gasteiger partial charge < -0.3 is 11.1 Å². The number of nitrogens with one attached hydrogen (secondary N) is 1. The van der Waals surface area contributed by atoms with E-state index < -0.39 is 6.04 Å². The number of likely N-dealkylation sites (tertiary alicyclic amines) is 1. The van der Waals surface area contributed by atoms with Gasteiger partial charge in [0.25, 0.3) is 0 Å². The molecule has 0 spiro atoms. The summed E-state index contributed by atoms with van der Waals surface area (Å²) in [7, 11) is 0. The highest BCUT2D eigenvalue weighted by Gasteiger charge is 2.32. The Hall–Kier alpha value is -3.03. The number of nitrogens with two attached hydrogens (primary N) is 1. The molecule has 4 rings (SSSR count). The van der Waals surface area contributed by atoms with Crippen molar-refractivity contribution in [1.82, 2.24) is 9.88 Å². The van der Waals surface area contributed by atoms with Crippen molar-refractivity contribution in [2.24, 2.45) is 11.7 Å². The monoisotopic (exact) mass is 448 g/mol. The zero-order chi connectivity index (χ0) is 22.5. The molecule has 0 aliphatic carbocycles. The van der Waals surface area contributed by atoms with Crippen LogP contribution in [0.4, 0.5) is 5.13 Å². The van der Waals surface area contributed by atoms with Crippen LogP contribution < -0.4 is 11.1 Å². The fourth-order valence-corrected chi connectivity index (χ4v) is 4.88. The van der Waals surface area contributed by atoms with Gasteiger partial charge in [-0.1, -0.05) is 61.5 Å². The Morgan fingerprint density at radius 3 is 2.44 bits per heavy atom. The zero-order valence-corrected chi connectivity index (χ0v) is 19.0. The third-order valence-corrected chi connectivity index (χ3v) is 6.81. The summed E-state index contributed by atoms with van der Waals surface area (Å²) in [5, 5.41) is 5.57. The van der Waals surface area contributed by atoms with Gasteiger partial charge in [-0.2, -0.15) is 0 Å². The van der Waals surface area contributed by atoms with Gasteiger partial charge in [0.2, 0.25) is 11.8 Å². The van der Waals surface area contributed by atoms with E-state index in [4.69, 9.17) is 5.73 Å². The number of hydrogen-bond donors (Lipinski definition) is 2. The summed E-state index contributed by atoms with van der Waals surface area (Å²) in [6.45, 7) is 3.42. The van der Waals surface area contributed by atoms with E-state index in [-0.39, 0.29) is 17.7 Å². The summed E-state index contributed by atoms with van der Waals surface area (Å²) in [6.07, 6.45) is 2.33. The molecule has 2 heterocycles. The fourth-order valence-electron chi connectivity index (χ4n) is 4.15. The van der Waals surface area contributed by atoms with E-state index in [0.29, 0.717) is 31.1 Å². The van der Waals surface area contributed by atoms with Crippen molar-refractivity contribution >= 4 is 28.3 Å². The van der Waals surface area contributed by atoms with Gasteiger partial charge in [0.15, 0.2) is 5.13 Å². The number of benzene rings is 2. The summed E-state index contributed by atoms with van der Waals surface area (Å²) in [5.41, 5.74) is 9.58. The van der Waals surface area contributed by atoms with Gasteiger partial charge in [-0.05, 0) is 43.5 Å². The van der Waals surface area contributed by atoms with Crippen LogP contribution in [0.1, 0.15) is 36.9 Å². The minimum absolute atomic E-state index is 0.115. The Labute approximate surface area is 192 Å². The van der Waals surface area contributed by atoms with Gasteiger partial charge in [0.05, 0.1) is 5.69 Å². The molecule has 6 nitrogen and oxygen atoms in total. The SMILES string of the molecule is CCc1ccc(-c2csc(NC(=O)C(c3ccccc3)N3CCC(C(N)=O)CC3)n2)cc1. The summed E-state index contributed by atoms with van der Waals surface area (Å²) in [5.74, 6) is -0.491. The van der Waals surface area contributed by atoms with Gasteiger partial charge in [0.1, 0.15) is 6.04 Å². The largest absolute Gasteiger partial charge is 0.369 e. The van der Waals surface area contributed by atoms with Gasteiger partial charge >= 0.3 is 0 Å². The van der Waals surface area contributed by atoms with Crippen LogP contribution in [0.25, 0.3) is 11.3 Å². The first kappa shape index (κ1) is 22.2. The van der Waals surface area contributed by atoms with Crippen LogP contribution in [-0.2, 0) is 16.0 Å². The van der Waals surface area contributed by atoms with Gasteiger partial charge in [0, 0.05) is 16.9 Å². The number of anilines is 1. The number of nitrogens with zero attached hydrogens (tertiary/aromatic N) is 2. The zero-order valence-electron chi connectivity index (χ0n) is 18.2. The molecule has 0 radical (unpaired) electrons. The van der Waals surface area contributed by atoms with Crippen molar-refractivity contribution in [2.75, 3.05) is 18.4 Å². The summed E-state index contributed by atoms with van der Waals surface area (Å²) in [6, 6.07) is 17.6. The number of amides is 2. The van der Waals surface area contributed by atoms with Gasteiger partial charge in [-0.3, -0.25) is 14.5 Å². The third-order valence-electron chi connectivity index (χ3n) is 6.05. The lowest BCUT2D eigenvalue weighted by Gasteiger charge is -2.36. The lowest BCUT2D eigenvalue weighted by molar-refractivity contribution is -0.125. The van der Waals surface area contributed by atoms with E-state index in [1.807, 2.05) is 35.7 Å². The molecule has 2 amide bonds. The second-order valence-electron chi connectivity index (χ2n) is 8.10. The number of carbonyl (C=O) groups is 2. The molecule has 1 atom stereocenters. The summed E-state index contributed by atoms with van der Waals surface area (Å²) in [4.78, 5) is 31.7. The molecule has 166 valence electrons. The molecule has 1 fully saturated rings. The second-order valence-corrected chi connectivity index (χ2v) is 8.96. The molecule has 2 aromatic carbocycles. The molecular formula is C25H28N4O2S. The molecule has 0 saturated carbocycles. The molecule has 1 aromatic heterocycles. The lowest BCUT2D eigenvalue weighted by atomic mass is 9.93. The molecule has 3 N–H and O–H groups in total. The normalized spacial score (nSPS) is 15.9. The highest BCUT2D eigenvalue weighted by molar-refractivity contribution is 7.14. The fraction of sp³-hybridized carbons (Fsp3) is 0.320. The molecule has 1 aliphatic rings. The highest BCUT2D eigenvalue weighted by atomic mass is 32.1. The van der Waals surface area contributed by atoms with Crippen molar-refractivity contribution in [3.63, 3.8) is 0 Å². The average Bonchev–Trinajstić information content (AvgIpc) is 3.28. The minimum atomic E-state index is -0.443. The van der Waals surface area contributed by atoms with Crippen LogP contribution in [-0.4, -0.2) is 34.8 Å². The minimum Gasteiger partial charge on any atom is -0.369 e. The Kier molecular flexibility index (Phi) is 6.97. The van der Waals surface area contributed by atoms with E-state index in [2.05, 4.69) is 46.4 Å². The van der Waals surface area contributed by atoms with Crippen LogP contribution >= 0.6 is 11.3 Å². The van der Waals surface area contributed by atoms with Crippen LogP contribution in [0.2, 0.25) is 0 Å². The molecule has 3 aromatic rings. The van der Waals surface area contributed by atoms with Crippen molar-refractivity contribution < 1.29 is 9.59 Å². The Balaban J connectivity index is 1.50.